The Bertz CT molecular complexity index is 167. The highest BCUT2D eigenvalue weighted by Crippen LogP contribution is 1.92. The van der Waals surface area contributed by atoms with Crippen molar-refractivity contribution in [2.45, 2.75) is 6.42 Å². The van der Waals surface area contributed by atoms with Gasteiger partial charge in [0.05, 0.1) is 6.42 Å². The number of allylic oxidation sites excluding steroid dienone is 1. The van der Waals surface area contributed by atoms with Crippen LogP contribution < -0.4 is 0 Å². The monoisotopic (exact) mass is 143 g/mol. The molecule has 0 atom stereocenters. The molecule has 0 aromatic carbocycles. The van der Waals surface area contributed by atoms with Crippen LogP contribution in [0.1, 0.15) is 6.42 Å². The molecule has 0 bridgehead atoms. The third-order valence-electron chi connectivity index (χ3n) is 0.880. The van der Waals surface area contributed by atoms with Gasteiger partial charge >= 0.3 is 0 Å². The van der Waals surface area contributed by atoms with Gasteiger partial charge in [-0.25, -0.2) is 0 Å². The number of thiocarbonyl (C=S) groups is 1. The van der Waals surface area contributed by atoms with Crippen molar-refractivity contribution < 1.29 is 3.98 Å². The van der Waals surface area contributed by atoms with E-state index in [9.17, 15) is 0 Å². The number of hydrogen-bond donors (Lipinski definition) is 0. The van der Waals surface area contributed by atoms with Crippen LogP contribution in [0.25, 0.3) is 0 Å². The summed E-state index contributed by atoms with van der Waals surface area (Å²) in [5.74, 6) is 0. The van der Waals surface area contributed by atoms with E-state index >= 15 is 0 Å². The quantitative estimate of drug-likeness (QED) is 0.280. The zero-order valence-corrected chi connectivity index (χ0v) is 5.84. The second-order valence-corrected chi connectivity index (χ2v) is 2.47. The van der Waals surface area contributed by atoms with Crippen molar-refractivity contribution in [1.82, 2.24) is 0 Å². The van der Waals surface area contributed by atoms with Gasteiger partial charge in [-0.3, -0.25) is 0 Å². The standard InChI is InChI=1S/C5H5NS2/c7-5-1-3-6(8)4-2-5/h1,3-4H,2H2. The highest BCUT2D eigenvalue weighted by Gasteiger charge is 1.96. The number of nitrogens with zero attached hydrogens (tertiary/aromatic N) is 1. The first-order chi connectivity index (χ1) is 3.79. The van der Waals surface area contributed by atoms with E-state index in [1.807, 2.05) is 12.3 Å². The van der Waals surface area contributed by atoms with E-state index in [1.54, 1.807) is 10.2 Å². The molecule has 0 N–H and O–H groups in total. The molecule has 0 aromatic heterocycles. The van der Waals surface area contributed by atoms with E-state index in [0.717, 1.165) is 11.3 Å². The van der Waals surface area contributed by atoms with E-state index in [0.29, 0.717) is 0 Å². The van der Waals surface area contributed by atoms with E-state index in [2.05, 4.69) is 0 Å². The van der Waals surface area contributed by atoms with Gasteiger partial charge in [-0.05, 0) is 0 Å². The molecule has 0 unspecified atom stereocenters. The van der Waals surface area contributed by atoms with Gasteiger partial charge in [0.15, 0.2) is 6.20 Å². The van der Waals surface area contributed by atoms with Crippen molar-refractivity contribution in [3.8, 4) is 0 Å². The van der Waals surface area contributed by atoms with Gasteiger partial charge in [0, 0.05) is 10.9 Å². The summed E-state index contributed by atoms with van der Waals surface area (Å²) in [5.41, 5.74) is 0. The fourth-order valence-electron chi connectivity index (χ4n) is 0.465. The molecule has 1 heterocycles. The summed E-state index contributed by atoms with van der Waals surface area (Å²) >= 11 is 9.64. The molecule has 0 saturated heterocycles. The highest BCUT2D eigenvalue weighted by atomic mass is 32.1. The lowest BCUT2D eigenvalue weighted by atomic mass is 10.3. The molecule has 1 aliphatic rings. The minimum Gasteiger partial charge on any atom is -0.427 e. The van der Waals surface area contributed by atoms with E-state index in [4.69, 9.17) is 25.0 Å². The molecule has 42 valence electrons. The topological polar surface area (TPSA) is 3.01 Å². The third kappa shape index (κ3) is 1.35. The fourth-order valence-corrected chi connectivity index (χ4v) is 0.736. The Balaban J connectivity index is 2.71. The van der Waals surface area contributed by atoms with E-state index < -0.39 is 0 Å². The SMILES string of the molecule is S=C1C=C[N+]([S-])=CC1. The third-order valence-corrected chi connectivity index (χ3v) is 1.45. The lowest BCUT2D eigenvalue weighted by Gasteiger charge is -2.01. The minimum atomic E-state index is 0.815. The summed E-state index contributed by atoms with van der Waals surface area (Å²) in [5, 5.41) is 0. The summed E-state index contributed by atoms with van der Waals surface area (Å²) in [7, 11) is 0. The summed E-state index contributed by atoms with van der Waals surface area (Å²) < 4.78 is 1.59. The molecule has 1 nitrogen and oxygen atoms in total. The lowest BCUT2D eigenvalue weighted by molar-refractivity contribution is -0.251. The lowest BCUT2D eigenvalue weighted by Crippen LogP contribution is -2.05. The maximum absolute atomic E-state index is 4.87. The number of hydrogen-bond acceptors (Lipinski definition) is 2. The van der Waals surface area contributed by atoms with Gasteiger partial charge in [0.1, 0.15) is 6.21 Å². The van der Waals surface area contributed by atoms with Gasteiger partial charge < -0.3 is 16.8 Å². The zero-order valence-electron chi connectivity index (χ0n) is 4.20. The normalized spacial score (nSPS) is 18.5. The molecule has 1 rings (SSSR count). The summed E-state index contributed by atoms with van der Waals surface area (Å²) in [4.78, 5) is 0.950. The average Bonchev–Trinajstić information content (AvgIpc) is 1.77. The Morgan fingerprint density at radius 3 is 2.88 bits per heavy atom. The van der Waals surface area contributed by atoms with Crippen LogP contribution in [0.15, 0.2) is 12.3 Å². The molecule has 0 aromatic rings. The molecular weight excluding hydrogens is 138 g/mol. The van der Waals surface area contributed by atoms with Crippen LogP contribution in [-0.2, 0) is 12.8 Å². The van der Waals surface area contributed by atoms with Crippen molar-refractivity contribution in [3.05, 3.63) is 12.3 Å². The van der Waals surface area contributed by atoms with Crippen LogP contribution in [0.4, 0.5) is 0 Å². The van der Waals surface area contributed by atoms with Crippen LogP contribution in [0, 0.1) is 0 Å². The van der Waals surface area contributed by atoms with E-state index in [1.165, 1.54) is 0 Å². The minimum absolute atomic E-state index is 0.815. The Labute approximate surface area is 59.3 Å². The van der Waals surface area contributed by atoms with Crippen molar-refractivity contribution in [2.75, 3.05) is 0 Å². The Hall–Kier alpha value is -0.280. The van der Waals surface area contributed by atoms with Crippen LogP contribution in [0.2, 0.25) is 0 Å². The Kier molecular flexibility index (Phi) is 1.70. The van der Waals surface area contributed by atoms with Crippen LogP contribution >= 0.6 is 12.2 Å². The van der Waals surface area contributed by atoms with Crippen LogP contribution in [0.5, 0.6) is 0 Å². The number of rotatable bonds is 0. The largest absolute Gasteiger partial charge is 0.427 e. The van der Waals surface area contributed by atoms with Crippen molar-refractivity contribution >= 4 is 36.1 Å². The smallest absolute Gasteiger partial charge is 0.154 e. The van der Waals surface area contributed by atoms with Crippen LogP contribution in [-0.4, -0.2) is 15.1 Å². The molecule has 0 spiro atoms. The molecule has 1 aliphatic heterocycles. The molecule has 0 fully saturated rings. The molecule has 0 aliphatic carbocycles. The molecule has 8 heavy (non-hydrogen) atoms. The van der Waals surface area contributed by atoms with Crippen LogP contribution in [0.3, 0.4) is 0 Å². The zero-order chi connectivity index (χ0) is 5.98. The highest BCUT2D eigenvalue weighted by molar-refractivity contribution is 7.80. The van der Waals surface area contributed by atoms with Gasteiger partial charge in [-0.2, -0.15) is 0 Å². The second-order valence-electron chi connectivity index (χ2n) is 1.53. The summed E-state index contributed by atoms with van der Waals surface area (Å²) in [6.45, 7) is 0. The Morgan fingerprint density at radius 1 is 1.75 bits per heavy atom. The summed E-state index contributed by atoms with van der Waals surface area (Å²) in [6.07, 6.45) is 6.32. The van der Waals surface area contributed by atoms with Gasteiger partial charge in [-0.1, -0.05) is 12.2 Å². The maximum atomic E-state index is 4.87. The molecule has 0 saturated carbocycles. The predicted octanol–water partition coefficient (Wildman–Crippen LogP) is 0.819. The van der Waals surface area contributed by atoms with Crippen molar-refractivity contribution in [1.29, 1.82) is 0 Å². The fraction of sp³-hybridized carbons (Fsp3) is 0.200. The first-order valence-corrected chi connectivity index (χ1v) is 3.06. The molecule has 0 amide bonds. The van der Waals surface area contributed by atoms with Crippen molar-refractivity contribution in [3.63, 3.8) is 0 Å². The molecule has 3 heteroatoms. The maximum Gasteiger partial charge on any atom is 0.154 e. The first kappa shape index (κ1) is 5.85. The van der Waals surface area contributed by atoms with E-state index in [-0.39, 0.29) is 0 Å². The Morgan fingerprint density at radius 2 is 2.50 bits per heavy atom. The predicted molar refractivity (Wildman–Crippen MR) is 40.0 cm³/mol. The van der Waals surface area contributed by atoms with Crippen molar-refractivity contribution in [2.24, 2.45) is 0 Å². The molecule has 0 radical (unpaired) electrons. The first-order valence-electron chi connectivity index (χ1n) is 2.29. The van der Waals surface area contributed by atoms with Gasteiger partial charge in [0.25, 0.3) is 0 Å². The summed E-state index contributed by atoms with van der Waals surface area (Å²) in [6, 6.07) is 0. The van der Waals surface area contributed by atoms with Gasteiger partial charge in [0.2, 0.25) is 0 Å². The molecular formula is C5H5NS2. The van der Waals surface area contributed by atoms with Gasteiger partial charge in [-0.15, -0.1) is 0 Å². The average molecular weight is 143 g/mol. The second kappa shape index (κ2) is 2.33.